The molecule has 0 aliphatic heterocycles. The van der Waals surface area contributed by atoms with Crippen molar-refractivity contribution in [2.24, 2.45) is 0 Å². The van der Waals surface area contributed by atoms with Gasteiger partial charge in [-0.25, -0.2) is 4.98 Å². The van der Waals surface area contributed by atoms with Gasteiger partial charge >= 0.3 is 0 Å². The lowest BCUT2D eigenvalue weighted by Crippen LogP contribution is -2.14. The average molecular weight is 237 g/mol. The Morgan fingerprint density at radius 3 is 2.81 bits per heavy atom. The van der Waals surface area contributed by atoms with Crippen molar-refractivity contribution < 1.29 is 4.79 Å². The number of carbonyl (C=O) groups excluding carboxylic acids is 1. The maximum atomic E-state index is 11.7. The number of aromatic nitrogens is 3. The Morgan fingerprint density at radius 2 is 2.19 bits per heavy atom. The van der Waals surface area contributed by atoms with Gasteiger partial charge in [0.1, 0.15) is 5.82 Å². The Balaban J connectivity index is 2.17. The molecule has 2 aromatic rings. The fourth-order valence-electron chi connectivity index (χ4n) is 1.19. The quantitative estimate of drug-likeness (QED) is 0.838. The normalized spacial score (nSPS) is 10.1. The lowest BCUT2D eigenvalue weighted by atomic mass is 10.3. The second-order valence-corrected chi connectivity index (χ2v) is 3.59. The molecule has 0 spiro atoms. The van der Waals surface area contributed by atoms with Crippen LogP contribution in [0.25, 0.3) is 0 Å². The largest absolute Gasteiger partial charge is 0.318 e. The van der Waals surface area contributed by atoms with Crippen LogP contribution in [0.15, 0.2) is 24.3 Å². The van der Waals surface area contributed by atoms with Gasteiger partial charge in [-0.1, -0.05) is 23.7 Å². The zero-order valence-electron chi connectivity index (χ0n) is 8.49. The molecule has 1 aromatic carbocycles. The third-order valence-corrected chi connectivity index (χ3v) is 2.25. The van der Waals surface area contributed by atoms with E-state index in [9.17, 15) is 4.79 Å². The number of nitrogens with zero attached hydrogens (tertiary/aromatic N) is 2. The van der Waals surface area contributed by atoms with E-state index >= 15 is 0 Å². The summed E-state index contributed by atoms with van der Waals surface area (Å²) in [6.07, 6.45) is 0. The fraction of sp³-hybridized carbons (Fsp3) is 0.100. The van der Waals surface area contributed by atoms with E-state index in [4.69, 9.17) is 11.6 Å². The number of amides is 1. The first-order valence-corrected chi connectivity index (χ1v) is 4.99. The molecule has 0 saturated heterocycles. The van der Waals surface area contributed by atoms with Crippen molar-refractivity contribution in [2.45, 2.75) is 6.92 Å². The Kier molecular flexibility index (Phi) is 2.87. The van der Waals surface area contributed by atoms with Gasteiger partial charge in [-0.05, 0) is 19.1 Å². The molecular formula is C10H9ClN4O. The first-order valence-electron chi connectivity index (χ1n) is 4.61. The van der Waals surface area contributed by atoms with Crippen LogP contribution in [-0.2, 0) is 0 Å². The number of aromatic amines is 1. The van der Waals surface area contributed by atoms with Gasteiger partial charge in [-0.2, -0.15) is 0 Å². The van der Waals surface area contributed by atoms with Crippen molar-refractivity contribution in [1.82, 2.24) is 15.2 Å². The van der Waals surface area contributed by atoms with Gasteiger partial charge in [0.05, 0.1) is 10.7 Å². The molecule has 0 bridgehead atoms. The first kappa shape index (κ1) is 10.6. The lowest BCUT2D eigenvalue weighted by molar-refractivity contribution is 0.101. The van der Waals surface area contributed by atoms with Crippen LogP contribution >= 0.6 is 11.6 Å². The highest BCUT2D eigenvalue weighted by Gasteiger charge is 2.12. The van der Waals surface area contributed by atoms with Gasteiger partial charge in [0, 0.05) is 0 Å². The molecule has 2 N–H and O–H groups in total. The number of halogens is 1. The molecule has 1 heterocycles. The van der Waals surface area contributed by atoms with E-state index in [0.29, 0.717) is 16.5 Å². The second kappa shape index (κ2) is 4.32. The monoisotopic (exact) mass is 236 g/mol. The highest BCUT2D eigenvalue weighted by Crippen LogP contribution is 2.20. The number of carbonyl (C=O) groups is 1. The van der Waals surface area contributed by atoms with Crippen LogP contribution in [0.3, 0.4) is 0 Å². The number of hydrogen-bond donors (Lipinski definition) is 2. The lowest BCUT2D eigenvalue weighted by Gasteiger charge is -2.03. The van der Waals surface area contributed by atoms with Crippen LogP contribution in [0.5, 0.6) is 0 Å². The summed E-state index contributed by atoms with van der Waals surface area (Å²) in [5.41, 5.74) is 0.539. The molecule has 16 heavy (non-hydrogen) atoms. The molecule has 1 aromatic heterocycles. The van der Waals surface area contributed by atoms with Gasteiger partial charge in [-0.3, -0.25) is 9.89 Å². The third kappa shape index (κ3) is 2.20. The molecule has 5 nitrogen and oxygen atoms in total. The predicted molar refractivity (Wildman–Crippen MR) is 60.5 cm³/mol. The number of aryl methyl sites for hydroxylation is 1. The SMILES string of the molecule is Cc1nc(C(=O)Nc2ccccc2Cl)n[nH]1. The topological polar surface area (TPSA) is 70.7 Å². The molecule has 82 valence electrons. The van der Waals surface area contributed by atoms with Crippen LogP contribution in [0.4, 0.5) is 5.69 Å². The van der Waals surface area contributed by atoms with Crippen molar-refractivity contribution >= 4 is 23.2 Å². The average Bonchev–Trinajstić information content (AvgIpc) is 2.68. The van der Waals surface area contributed by atoms with E-state index in [1.807, 2.05) is 0 Å². The van der Waals surface area contributed by atoms with E-state index in [1.165, 1.54) is 0 Å². The minimum atomic E-state index is -0.391. The molecule has 1 amide bonds. The van der Waals surface area contributed by atoms with Crippen molar-refractivity contribution in [2.75, 3.05) is 5.32 Å². The van der Waals surface area contributed by atoms with Gasteiger partial charge in [0.15, 0.2) is 0 Å². The smallest absolute Gasteiger partial charge is 0.295 e. The Bertz CT molecular complexity index is 523. The Labute approximate surface area is 96.8 Å². The molecule has 0 atom stereocenters. The molecule has 2 rings (SSSR count). The molecule has 6 heteroatoms. The van der Waals surface area contributed by atoms with Gasteiger partial charge in [-0.15, -0.1) is 5.10 Å². The van der Waals surface area contributed by atoms with E-state index in [-0.39, 0.29) is 5.82 Å². The van der Waals surface area contributed by atoms with Crippen LogP contribution < -0.4 is 5.32 Å². The number of H-pyrrole nitrogens is 1. The summed E-state index contributed by atoms with van der Waals surface area (Å²) >= 11 is 5.90. The van der Waals surface area contributed by atoms with E-state index in [2.05, 4.69) is 20.5 Å². The van der Waals surface area contributed by atoms with E-state index < -0.39 is 5.91 Å². The summed E-state index contributed by atoms with van der Waals surface area (Å²) in [6.45, 7) is 1.72. The zero-order valence-corrected chi connectivity index (χ0v) is 9.25. The molecule has 0 aliphatic carbocycles. The van der Waals surface area contributed by atoms with Crippen molar-refractivity contribution in [3.8, 4) is 0 Å². The fourth-order valence-corrected chi connectivity index (χ4v) is 1.37. The van der Waals surface area contributed by atoms with Crippen LogP contribution in [0.2, 0.25) is 5.02 Å². The summed E-state index contributed by atoms with van der Waals surface area (Å²) in [7, 11) is 0. The minimum Gasteiger partial charge on any atom is -0.318 e. The summed E-state index contributed by atoms with van der Waals surface area (Å²) in [6, 6.07) is 6.97. The van der Waals surface area contributed by atoms with Crippen molar-refractivity contribution in [3.63, 3.8) is 0 Å². The van der Waals surface area contributed by atoms with Gasteiger partial charge in [0.25, 0.3) is 5.91 Å². The van der Waals surface area contributed by atoms with Gasteiger partial charge in [0.2, 0.25) is 5.82 Å². The molecule has 0 saturated carbocycles. The predicted octanol–water partition coefficient (Wildman–Crippen LogP) is 2.02. The highest BCUT2D eigenvalue weighted by atomic mass is 35.5. The van der Waals surface area contributed by atoms with E-state index in [1.54, 1.807) is 31.2 Å². The molecular weight excluding hydrogens is 228 g/mol. The van der Waals surface area contributed by atoms with Gasteiger partial charge < -0.3 is 5.32 Å². The maximum absolute atomic E-state index is 11.7. The van der Waals surface area contributed by atoms with Crippen LogP contribution in [0.1, 0.15) is 16.4 Å². The number of hydrogen-bond acceptors (Lipinski definition) is 3. The third-order valence-electron chi connectivity index (χ3n) is 1.92. The summed E-state index contributed by atoms with van der Waals surface area (Å²) in [5.74, 6) is 0.291. The van der Waals surface area contributed by atoms with Crippen LogP contribution in [-0.4, -0.2) is 21.1 Å². The Hall–Kier alpha value is -1.88. The zero-order chi connectivity index (χ0) is 11.5. The van der Waals surface area contributed by atoms with Crippen molar-refractivity contribution in [1.29, 1.82) is 0 Å². The van der Waals surface area contributed by atoms with Crippen molar-refractivity contribution in [3.05, 3.63) is 40.9 Å². The second-order valence-electron chi connectivity index (χ2n) is 3.18. The maximum Gasteiger partial charge on any atom is 0.295 e. The number of rotatable bonds is 2. The molecule has 0 radical (unpaired) electrons. The molecule has 0 fully saturated rings. The number of anilines is 1. The summed E-state index contributed by atoms with van der Waals surface area (Å²) in [5, 5.41) is 9.44. The Morgan fingerprint density at radius 1 is 1.44 bits per heavy atom. The molecule has 0 aliphatic rings. The summed E-state index contributed by atoms with van der Waals surface area (Å²) in [4.78, 5) is 15.6. The molecule has 0 unspecified atom stereocenters. The van der Waals surface area contributed by atoms with Crippen LogP contribution in [0, 0.1) is 6.92 Å². The minimum absolute atomic E-state index is 0.0948. The first-order chi connectivity index (χ1) is 7.66. The number of benzene rings is 1. The summed E-state index contributed by atoms with van der Waals surface area (Å²) < 4.78 is 0. The highest BCUT2D eigenvalue weighted by molar-refractivity contribution is 6.33. The number of para-hydroxylation sites is 1. The van der Waals surface area contributed by atoms with E-state index in [0.717, 1.165) is 0 Å². The number of nitrogens with one attached hydrogen (secondary N) is 2. The standard InChI is InChI=1S/C10H9ClN4O/c1-6-12-9(15-14-6)10(16)13-8-5-3-2-4-7(8)11/h2-5H,1H3,(H,13,16)(H,12,14,15).